The molecule has 0 aliphatic carbocycles. The molecule has 0 aliphatic rings. The monoisotopic (exact) mass is 415 g/mol. The summed E-state index contributed by atoms with van der Waals surface area (Å²) in [6.45, 7) is 1.66. The fraction of sp³-hybridized carbons (Fsp3) is 0.125. The van der Waals surface area contributed by atoms with Gasteiger partial charge in [-0.3, -0.25) is 14.2 Å². The van der Waals surface area contributed by atoms with Crippen LogP contribution in [-0.4, -0.2) is 16.4 Å². The van der Waals surface area contributed by atoms with Gasteiger partial charge in [0.25, 0.3) is 5.91 Å². The molecular formula is C24H21N3O4. The molecular weight excluding hydrogens is 394 g/mol. The predicted octanol–water partition coefficient (Wildman–Crippen LogP) is 3.72. The lowest BCUT2D eigenvalue weighted by atomic mass is 10.1. The van der Waals surface area contributed by atoms with Crippen LogP contribution >= 0.6 is 0 Å². The lowest BCUT2D eigenvalue weighted by Crippen LogP contribution is -2.29. The van der Waals surface area contributed by atoms with Gasteiger partial charge in [0, 0.05) is 0 Å². The van der Waals surface area contributed by atoms with Gasteiger partial charge in [-0.1, -0.05) is 54.6 Å². The number of rotatable bonds is 6. The van der Waals surface area contributed by atoms with Crippen LogP contribution in [0.5, 0.6) is 0 Å². The molecule has 0 radical (unpaired) electrons. The topological polar surface area (TPSA) is 93.3 Å². The SMILES string of the molecule is CC(NC(=O)c1ccccc1NC(=O)Cn1c(=O)oc2ccccc21)c1ccccc1. The van der Waals surface area contributed by atoms with Gasteiger partial charge < -0.3 is 15.1 Å². The molecule has 7 heteroatoms. The largest absolute Gasteiger partial charge is 0.420 e. The quantitative estimate of drug-likeness (QED) is 0.502. The summed E-state index contributed by atoms with van der Waals surface area (Å²) in [5, 5.41) is 5.68. The van der Waals surface area contributed by atoms with E-state index < -0.39 is 11.7 Å². The summed E-state index contributed by atoms with van der Waals surface area (Å²) in [4.78, 5) is 37.6. The van der Waals surface area contributed by atoms with Gasteiger partial charge in [0.1, 0.15) is 6.54 Å². The second-order valence-corrected chi connectivity index (χ2v) is 7.12. The van der Waals surface area contributed by atoms with Crippen LogP contribution in [0, 0.1) is 0 Å². The third kappa shape index (κ3) is 4.40. The lowest BCUT2D eigenvalue weighted by molar-refractivity contribution is -0.116. The van der Waals surface area contributed by atoms with Gasteiger partial charge in [0.15, 0.2) is 5.58 Å². The Morgan fingerprint density at radius 2 is 1.61 bits per heavy atom. The van der Waals surface area contributed by atoms with Crippen molar-refractivity contribution >= 4 is 28.6 Å². The molecule has 2 amide bonds. The maximum absolute atomic E-state index is 12.8. The number of oxazole rings is 1. The molecule has 156 valence electrons. The molecule has 1 aromatic heterocycles. The van der Waals surface area contributed by atoms with Gasteiger partial charge in [0.2, 0.25) is 5.91 Å². The number of hydrogen-bond acceptors (Lipinski definition) is 4. The standard InChI is InChI=1S/C24H21N3O4/c1-16(17-9-3-2-4-10-17)25-23(29)18-11-5-6-12-19(18)26-22(28)15-27-20-13-7-8-14-21(20)31-24(27)30/h2-14,16H,15H2,1H3,(H,25,29)(H,26,28). The maximum Gasteiger partial charge on any atom is 0.420 e. The van der Waals surface area contributed by atoms with Gasteiger partial charge in [-0.15, -0.1) is 0 Å². The summed E-state index contributed by atoms with van der Waals surface area (Å²) >= 11 is 0. The van der Waals surface area contributed by atoms with Crippen molar-refractivity contribution < 1.29 is 14.0 Å². The van der Waals surface area contributed by atoms with Crippen molar-refractivity contribution in [2.24, 2.45) is 0 Å². The summed E-state index contributed by atoms with van der Waals surface area (Å²) in [6.07, 6.45) is 0. The van der Waals surface area contributed by atoms with Crippen molar-refractivity contribution in [3.8, 4) is 0 Å². The Morgan fingerprint density at radius 1 is 0.935 bits per heavy atom. The lowest BCUT2D eigenvalue weighted by Gasteiger charge is -2.16. The van der Waals surface area contributed by atoms with Crippen LogP contribution in [0.3, 0.4) is 0 Å². The first kappa shape index (κ1) is 20.2. The zero-order valence-electron chi connectivity index (χ0n) is 16.9. The number of para-hydroxylation sites is 3. The van der Waals surface area contributed by atoms with Crippen molar-refractivity contribution in [1.82, 2.24) is 9.88 Å². The van der Waals surface area contributed by atoms with Crippen LogP contribution in [-0.2, 0) is 11.3 Å². The molecule has 31 heavy (non-hydrogen) atoms. The molecule has 0 bridgehead atoms. The van der Waals surface area contributed by atoms with E-state index in [4.69, 9.17) is 4.42 Å². The minimum atomic E-state index is -0.612. The zero-order valence-corrected chi connectivity index (χ0v) is 16.9. The Bertz CT molecular complexity index is 1290. The number of hydrogen-bond donors (Lipinski definition) is 2. The maximum atomic E-state index is 12.8. The Kier molecular flexibility index (Phi) is 5.66. The van der Waals surface area contributed by atoms with Gasteiger partial charge in [-0.2, -0.15) is 0 Å². The van der Waals surface area contributed by atoms with Gasteiger partial charge in [0.05, 0.1) is 22.8 Å². The predicted molar refractivity (Wildman–Crippen MR) is 118 cm³/mol. The minimum Gasteiger partial charge on any atom is -0.408 e. The molecule has 2 N–H and O–H groups in total. The van der Waals surface area contributed by atoms with Crippen LogP contribution < -0.4 is 16.4 Å². The Morgan fingerprint density at radius 3 is 2.42 bits per heavy atom. The second-order valence-electron chi connectivity index (χ2n) is 7.12. The van der Waals surface area contributed by atoms with Crippen molar-refractivity contribution in [1.29, 1.82) is 0 Å². The first-order chi connectivity index (χ1) is 15.0. The highest BCUT2D eigenvalue weighted by molar-refractivity contribution is 6.04. The summed E-state index contributed by atoms with van der Waals surface area (Å²) < 4.78 is 6.42. The molecule has 0 saturated carbocycles. The average molecular weight is 415 g/mol. The fourth-order valence-corrected chi connectivity index (χ4v) is 3.39. The number of carbonyl (C=O) groups is 2. The fourth-order valence-electron chi connectivity index (χ4n) is 3.39. The van der Waals surface area contributed by atoms with Crippen LogP contribution in [0.15, 0.2) is 88.1 Å². The summed E-state index contributed by atoms with van der Waals surface area (Å²) in [5.74, 6) is -1.36. The molecule has 0 saturated heterocycles. The normalized spacial score (nSPS) is 11.8. The van der Waals surface area contributed by atoms with E-state index in [9.17, 15) is 14.4 Å². The average Bonchev–Trinajstić information content (AvgIpc) is 3.09. The van der Waals surface area contributed by atoms with Crippen LogP contribution in [0.1, 0.15) is 28.9 Å². The number of benzene rings is 3. The highest BCUT2D eigenvalue weighted by Gasteiger charge is 2.17. The third-order valence-corrected chi connectivity index (χ3v) is 4.97. The van der Waals surface area contributed by atoms with E-state index in [0.29, 0.717) is 22.4 Å². The molecule has 0 aliphatic heterocycles. The number of amides is 2. The number of nitrogens with zero attached hydrogens (tertiary/aromatic N) is 1. The summed E-state index contributed by atoms with van der Waals surface area (Å²) in [6, 6.07) is 23.0. The molecule has 0 spiro atoms. The molecule has 0 fully saturated rings. The molecule has 1 atom stereocenters. The first-order valence-corrected chi connectivity index (χ1v) is 9.86. The Labute approximate surface area is 178 Å². The van der Waals surface area contributed by atoms with Crippen molar-refractivity contribution in [2.75, 3.05) is 5.32 Å². The zero-order chi connectivity index (χ0) is 21.8. The highest BCUT2D eigenvalue weighted by atomic mass is 16.4. The molecule has 4 rings (SSSR count). The molecule has 4 aromatic rings. The molecule has 1 unspecified atom stereocenters. The van der Waals surface area contributed by atoms with Gasteiger partial charge in [-0.05, 0) is 36.8 Å². The summed E-state index contributed by atoms with van der Waals surface area (Å²) in [5.41, 5.74) is 2.62. The number of fused-ring (bicyclic) bond motifs is 1. The first-order valence-electron chi connectivity index (χ1n) is 9.86. The Balaban J connectivity index is 1.50. The van der Waals surface area contributed by atoms with E-state index in [1.165, 1.54) is 4.57 Å². The highest BCUT2D eigenvalue weighted by Crippen LogP contribution is 2.18. The van der Waals surface area contributed by atoms with E-state index in [2.05, 4.69) is 10.6 Å². The van der Waals surface area contributed by atoms with Crippen LogP contribution in [0.25, 0.3) is 11.1 Å². The van der Waals surface area contributed by atoms with E-state index in [1.54, 1.807) is 48.5 Å². The van der Waals surface area contributed by atoms with E-state index in [0.717, 1.165) is 5.56 Å². The number of anilines is 1. The van der Waals surface area contributed by atoms with Crippen LogP contribution in [0.2, 0.25) is 0 Å². The van der Waals surface area contributed by atoms with Crippen molar-refractivity contribution in [3.63, 3.8) is 0 Å². The molecule has 1 heterocycles. The van der Waals surface area contributed by atoms with E-state index in [1.807, 2.05) is 37.3 Å². The van der Waals surface area contributed by atoms with E-state index >= 15 is 0 Å². The van der Waals surface area contributed by atoms with E-state index in [-0.39, 0.29) is 18.5 Å². The van der Waals surface area contributed by atoms with Gasteiger partial charge >= 0.3 is 5.76 Å². The number of nitrogens with one attached hydrogen (secondary N) is 2. The molecule has 7 nitrogen and oxygen atoms in total. The summed E-state index contributed by atoms with van der Waals surface area (Å²) in [7, 11) is 0. The number of carbonyl (C=O) groups excluding carboxylic acids is 2. The Hall–Kier alpha value is -4.13. The van der Waals surface area contributed by atoms with Crippen molar-refractivity contribution in [3.05, 3.63) is 101 Å². The second kappa shape index (κ2) is 8.71. The number of aromatic nitrogens is 1. The molecule has 3 aromatic carbocycles. The van der Waals surface area contributed by atoms with Crippen LogP contribution in [0.4, 0.5) is 5.69 Å². The minimum absolute atomic E-state index is 0.201. The third-order valence-electron chi connectivity index (χ3n) is 4.97. The smallest absolute Gasteiger partial charge is 0.408 e. The van der Waals surface area contributed by atoms with Crippen molar-refractivity contribution in [2.45, 2.75) is 19.5 Å². The van der Waals surface area contributed by atoms with Gasteiger partial charge in [-0.25, -0.2) is 4.79 Å².